The van der Waals surface area contributed by atoms with Crippen molar-refractivity contribution < 1.29 is 4.42 Å². The van der Waals surface area contributed by atoms with Crippen molar-refractivity contribution >= 4 is 16.5 Å². The summed E-state index contributed by atoms with van der Waals surface area (Å²) in [6.07, 6.45) is 3.73. The first kappa shape index (κ1) is 12.2. The molecule has 4 heteroatoms. The van der Waals surface area contributed by atoms with Gasteiger partial charge in [0.1, 0.15) is 5.76 Å². The maximum absolute atomic E-state index is 5.32. The van der Waals surface area contributed by atoms with E-state index < -0.39 is 0 Å². The molecule has 17 heavy (non-hydrogen) atoms. The van der Waals surface area contributed by atoms with Gasteiger partial charge in [0.15, 0.2) is 5.13 Å². The molecule has 0 saturated carbocycles. The Hall–Kier alpha value is -1.29. The van der Waals surface area contributed by atoms with Crippen molar-refractivity contribution in [2.24, 2.45) is 0 Å². The van der Waals surface area contributed by atoms with Gasteiger partial charge in [0, 0.05) is 17.3 Å². The molecule has 2 heterocycles. The Morgan fingerprint density at radius 3 is 2.88 bits per heavy atom. The number of aryl methyl sites for hydroxylation is 3. The van der Waals surface area contributed by atoms with Crippen LogP contribution in [0.3, 0.4) is 0 Å². The number of hydrogen-bond acceptors (Lipinski definition) is 4. The van der Waals surface area contributed by atoms with Crippen LogP contribution >= 0.6 is 11.3 Å². The standard InChI is InChI=1S/C13H18N2OS/c1-9(6-7-12-5-4-8-16-12)14-13-15-10(2)11(3)17-13/h4-5,8-9H,6-7H2,1-3H3,(H,14,15). The van der Waals surface area contributed by atoms with Gasteiger partial charge in [0.2, 0.25) is 0 Å². The largest absolute Gasteiger partial charge is 0.469 e. The van der Waals surface area contributed by atoms with Gasteiger partial charge >= 0.3 is 0 Å². The van der Waals surface area contributed by atoms with E-state index in [0.717, 1.165) is 29.4 Å². The smallest absolute Gasteiger partial charge is 0.183 e. The van der Waals surface area contributed by atoms with Gasteiger partial charge in [0.05, 0.1) is 12.0 Å². The number of hydrogen-bond donors (Lipinski definition) is 1. The van der Waals surface area contributed by atoms with Crippen molar-refractivity contribution in [1.29, 1.82) is 0 Å². The molecule has 1 N–H and O–H groups in total. The number of nitrogens with zero attached hydrogens (tertiary/aromatic N) is 1. The molecule has 0 fully saturated rings. The number of nitrogens with one attached hydrogen (secondary N) is 1. The number of thiazole rings is 1. The molecule has 2 aromatic rings. The Labute approximate surface area is 106 Å². The Morgan fingerprint density at radius 2 is 2.29 bits per heavy atom. The third-order valence-electron chi connectivity index (χ3n) is 2.80. The van der Waals surface area contributed by atoms with E-state index in [1.54, 1.807) is 17.6 Å². The van der Waals surface area contributed by atoms with E-state index in [4.69, 9.17) is 4.42 Å². The number of anilines is 1. The fourth-order valence-electron chi connectivity index (χ4n) is 1.63. The molecule has 0 radical (unpaired) electrons. The van der Waals surface area contributed by atoms with Gasteiger partial charge in [-0.3, -0.25) is 0 Å². The van der Waals surface area contributed by atoms with E-state index in [9.17, 15) is 0 Å². The molecule has 0 aromatic carbocycles. The average molecular weight is 250 g/mol. The molecule has 0 aliphatic carbocycles. The van der Waals surface area contributed by atoms with Crippen LogP contribution in [0.15, 0.2) is 22.8 Å². The predicted octanol–water partition coefficient (Wildman–Crippen LogP) is 3.79. The normalized spacial score (nSPS) is 12.6. The number of furan rings is 1. The van der Waals surface area contributed by atoms with Crippen LogP contribution in [0.5, 0.6) is 0 Å². The van der Waals surface area contributed by atoms with Crippen molar-refractivity contribution in [2.75, 3.05) is 5.32 Å². The first-order valence-corrected chi connectivity index (χ1v) is 6.69. The van der Waals surface area contributed by atoms with Gasteiger partial charge in [0.25, 0.3) is 0 Å². The predicted molar refractivity (Wildman–Crippen MR) is 71.7 cm³/mol. The lowest BCUT2D eigenvalue weighted by atomic mass is 10.1. The number of rotatable bonds is 5. The van der Waals surface area contributed by atoms with Crippen LogP contribution in [0.2, 0.25) is 0 Å². The van der Waals surface area contributed by atoms with Crippen molar-refractivity contribution in [3.8, 4) is 0 Å². The summed E-state index contributed by atoms with van der Waals surface area (Å²) in [7, 11) is 0. The summed E-state index contributed by atoms with van der Waals surface area (Å²) in [5, 5.41) is 4.45. The molecular formula is C13H18N2OS. The molecule has 0 aliphatic heterocycles. The molecule has 0 amide bonds. The van der Waals surface area contributed by atoms with Crippen LogP contribution in [0.25, 0.3) is 0 Å². The van der Waals surface area contributed by atoms with Crippen LogP contribution in [-0.4, -0.2) is 11.0 Å². The Balaban J connectivity index is 1.82. The molecule has 92 valence electrons. The van der Waals surface area contributed by atoms with E-state index in [1.807, 2.05) is 19.1 Å². The van der Waals surface area contributed by atoms with E-state index in [-0.39, 0.29) is 0 Å². The molecule has 0 aliphatic rings. The molecule has 0 spiro atoms. The van der Waals surface area contributed by atoms with Crippen molar-refractivity contribution in [2.45, 2.75) is 39.7 Å². The Bertz CT molecular complexity index is 442. The fraction of sp³-hybridized carbons (Fsp3) is 0.462. The lowest BCUT2D eigenvalue weighted by Crippen LogP contribution is -2.15. The van der Waals surface area contributed by atoms with E-state index >= 15 is 0 Å². The quantitative estimate of drug-likeness (QED) is 0.877. The molecule has 1 unspecified atom stereocenters. The first-order chi connectivity index (χ1) is 8.15. The highest BCUT2D eigenvalue weighted by atomic mass is 32.1. The van der Waals surface area contributed by atoms with Crippen LogP contribution in [0, 0.1) is 13.8 Å². The molecule has 0 saturated heterocycles. The monoisotopic (exact) mass is 250 g/mol. The summed E-state index contributed by atoms with van der Waals surface area (Å²) in [5.41, 5.74) is 1.12. The molecule has 2 aromatic heterocycles. The van der Waals surface area contributed by atoms with Gasteiger partial charge < -0.3 is 9.73 Å². The topological polar surface area (TPSA) is 38.1 Å². The van der Waals surface area contributed by atoms with E-state index in [1.165, 1.54) is 4.88 Å². The lowest BCUT2D eigenvalue weighted by molar-refractivity contribution is 0.495. The maximum atomic E-state index is 5.32. The second kappa shape index (κ2) is 5.36. The zero-order valence-electron chi connectivity index (χ0n) is 10.5. The highest BCUT2D eigenvalue weighted by molar-refractivity contribution is 7.15. The zero-order chi connectivity index (χ0) is 12.3. The third kappa shape index (κ3) is 3.33. The summed E-state index contributed by atoms with van der Waals surface area (Å²) < 4.78 is 5.32. The maximum Gasteiger partial charge on any atom is 0.183 e. The molecule has 3 nitrogen and oxygen atoms in total. The number of aromatic nitrogens is 1. The SMILES string of the molecule is Cc1nc(NC(C)CCc2ccco2)sc1C. The summed E-state index contributed by atoms with van der Waals surface area (Å²) in [4.78, 5) is 5.76. The van der Waals surface area contributed by atoms with E-state index in [2.05, 4.69) is 24.1 Å². The van der Waals surface area contributed by atoms with Crippen LogP contribution in [-0.2, 0) is 6.42 Å². The minimum atomic E-state index is 0.407. The Morgan fingerprint density at radius 1 is 1.47 bits per heavy atom. The highest BCUT2D eigenvalue weighted by Crippen LogP contribution is 2.22. The van der Waals surface area contributed by atoms with Crippen molar-refractivity contribution in [1.82, 2.24) is 4.98 Å². The van der Waals surface area contributed by atoms with Gasteiger partial charge in [-0.25, -0.2) is 4.98 Å². The van der Waals surface area contributed by atoms with Gasteiger partial charge in [-0.05, 0) is 39.3 Å². The van der Waals surface area contributed by atoms with Crippen LogP contribution in [0.4, 0.5) is 5.13 Å². The summed E-state index contributed by atoms with van der Waals surface area (Å²) in [5.74, 6) is 1.05. The molecule has 0 bridgehead atoms. The highest BCUT2D eigenvalue weighted by Gasteiger charge is 2.08. The van der Waals surface area contributed by atoms with Crippen molar-refractivity contribution in [3.63, 3.8) is 0 Å². The second-order valence-corrected chi connectivity index (χ2v) is 5.53. The van der Waals surface area contributed by atoms with Crippen LogP contribution < -0.4 is 5.32 Å². The minimum absolute atomic E-state index is 0.407. The van der Waals surface area contributed by atoms with Gasteiger partial charge in [-0.2, -0.15) is 0 Å². The summed E-state index contributed by atoms with van der Waals surface area (Å²) in [6.45, 7) is 6.32. The molecule has 1 atom stereocenters. The van der Waals surface area contributed by atoms with E-state index in [0.29, 0.717) is 6.04 Å². The van der Waals surface area contributed by atoms with Crippen molar-refractivity contribution in [3.05, 3.63) is 34.7 Å². The second-order valence-electron chi connectivity index (χ2n) is 4.32. The van der Waals surface area contributed by atoms with Gasteiger partial charge in [-0.1, -0.05) is 0 Å². The average Bonchev–Trinajstić information content (AvgIpc) is 2.87. The minimum Gasteiger partial charge on any atom is -0.469 e. The first-order valence-electron chi connectivity index (χ1n) is 5.88. The molecular weight excluding hydrogens is 232 g/mol. The summed E-state index contributed by atoms with van der Waals surface area (Å²) in [6, 6.07) is 4.36. The van der Waals surface area contributed by atoms with Gasteiger partial charge in [-0.15, -0.1) is 11.3 Å². The molecule has 2 rings (SSSR count). The third-order valence-corrected chi connectivity index (χ3v) is 3.81. The fourth-order valence-corrected chi connectivity index (χ4v) is 2.56. The summed E-state index contributed by atoms with van der Waals surface area (Å²) >= 11 is 1.72. The zero-order valence-corrected chi connectivity index (χ0v) is 11.3. The Kier molecular flexibility index (Phi) is 3.84. The van der Waals surface area contributed by atoms with Crippen LogP contribution in [0.1, 0.15) is 29.7 Å². The lowest BCUT2D eigenvalue weighted by Gasteiger charge is -2.11.